The van der Waals surface area contributed by atoms with Gasteiger partial charge in [-0.1, -0.05) is 53.3 Å². The number of nitrogens with zero attached hydrogens (tertiary/aromatic N) is 1. The number of thiazole rings is 1. The van der Waals surface area contributed by atoms with Gasteiger partial charge in [-0.3, -0.25) is 0 Å². The molecule has 0 spiro atoms. The van der Waals surface area contributed by atoms with Gasteiger partial charge in [-0.25, -0.2) is 0 Å². The van der Waals surface area contributed by atoms with Crippen LogP contribution in [0.4, 0.5) is 0 Å². The Morgan fingerprint density at radius 1 is 1.00 bits per heavy atom. The lowest BCUT2D eigenvalue weighted by Crippen LogP contribution is -2.28. The maximum absolute atomic E-state index is 6.28. The number of aromatic nitrogens is 1. The normalized spacial score (nSPS) is 14.4. The number of aryl methyl sites for hydroxylation is 2. The van der Waals surface area contributed by atoms with Crippen LogP contribution >= 0.6 is 11.3 Å². The molecule has 0 saturated carbocycles. The molecular weight excluding hydrogens is 390 g/mol. The minimum atomic E-state index is 0.816. The van der Waals surface area contributed by atoms with E-state index in [4.69, 9.17) is 9.47 Å². The zero-order valence-electron chi connectivity index (χ0n) is 17.2. The Hall–Kier alpha value is -3.37. The van der Waals surface area contributed by atoms with Crippen LogP contribution in [0.1, 0.15) is 21.7 Å². The first-order valence-electron chi connectivity index (χ1n) is 9.86. The first-order valence-corrected chi connectivity index (χ1v) is 10.7. The van der Waals surface area contributed by atoms with Gasteiger partial charge in [0, 0.05) is 23.3 Å². The van der Waals surface area contributed by atoms with Crippen LogP contribution in [0, 0.1) is 6.92 Å². The van der Waals surface area contributed by atoms with Crippen LogP contribution in [0.3, 0.4) is 0 Å². The van der Waals surface area contributed by atoms with Gasteiger partial charge in [0.05, 0.1) is 7.11 Å². The molecule has 1 aliphatic heterocycles. The summed E-state index contributed by atoms with van der Waals surface area (Å²) in [6.07, 6.45) is 4.36. The maximum Gasteiger partial charge on any atom is 0.263 e. The van der Waals surface area contributed by atoms with Crippen LogP contribution in [0.15, 0.2) is 72.8 Å². The number of fused-ring (bicyclic) bond motifs is 2. The van der Waals surface area contributed by atoms with Crippen LogP contribution in [0.2, 0.25) is 0 Å². The second kappa shape index (κ2) is 7.47. The molecule has 0 aliphatic carbocycles. The van der Waals surface area contributed by atoms with E-state index in [1.165, 1.54) is 20.8 Å². The summed E-state index contributed by atoms with van der Waals surface area (Å²) in [6.45, 7) is 2.09. The third kappa shape index (κ3) is 3.29. The molecule has 5 rings (SSSR count). The van der Waals surface area contributed by atoms with Crippen molar-refractivity contribution in [2.24, 2.45) is 7.05 Å². The molecule has 30 heavy (non-hydrogen) atoms. The first kappa shape index (κ1) is 18.6. The maximum atomic E-state index is 6.28. The molecule has 148 valence electrons. The third-order valence-corrected chi connectivity index (χ3v) is 6.56. The average molecular weight is 413 g/mol. The van der Waals surface area contributed by atoms with Crippen LogP contribution in [0.5, 0.6) is 11.5 Å². The minimum Gasteiger partial charge on any atom is -0.497 e. The average Bonchev–Trinajstić information content (AvgIpc) is 3.09. The topological polar surface area (TPSA) is 22.3 Å². The van der Waals surface area contributed by atoms with Gasteiger partial charge in [-0.2, -0.15) is 4.57 Å². The van der Waals surface area contributed by atoms with Crippen molar-refractivity contribution in [2.75, 3.05) is 7.11 Å². The Kier molecular flexibility index (Phi) is 4.64. The van der Waals surface area contributed by atoms with E-state index in [0.29, 0.717) is 0 Å². The monoisotopic (exact) mass is 412 g/mol. The van der Waals surface area contributed by atoms with Crippen LogP contribution < -0.4 is 14.0 Å². The Morgan fingerprint density at radius 3 is 2.57 bits per heavy atom. The summed E-state index contributed by atoms with van der Waals surface area (Å²) in [5.74, 6) is 2.50. The lowest BCUT2D eigenvalue weighted by molar-refractivity contribution is -0.642. The molecule has 0 bridgehead atoms. The fourth-order valence-corrected chi connectivity index (χ4v) is 4.78. The molecule has 0 atom stereocenters. The molecule has 1 aliphatic rings. The van der Waals surface area contributed by atoms with E-state index in [0.717, 1.165) is 34.0 Å². The van der Waals surface area contributed by atoms with Gasteiger partial charge in [0.15, 0.2) is 0 Å². The van der Waals surface area contributed by atoms with Crippen molar-refractivity contribution < 1.29 is 14.0 Å². The minimum absolute atomic E-state index is 0.816. The zero-order chi connectivity index (χ0) is 20.7. The molecule has 0 saturated heterocycles. The Morgan fingerprint density at radius 2 is 1.80 bits per heavy atom. The van der Waals surface area contributed by atoms with Gasteiger partial charge < -0.3 is 9.47 Å². The van der Waals surface area contributed by atoms with E-state index in [9.17, 15) is 0 Å². The van der Waals surface area contributed by atoms with Crippen LogP contribution in [-0.4, -0.2) is 7.11 Å². The number of allylic oxidation sites excluding steroid dienone is 2. The van der Waals surface area contributed by atoms with E-state index in [1.807, 2.05) is 18.2 Å². The van der Waals surface area contributed by atoms with Gasteiger partial charge in [-0.15, -0.1) is 0 Å². The van der Waals surface area contributed by atoms with Crippen molar-refractivity contribution >= 4 is 39.0 Å². The molecule has 0 fully saturated rings. The standard InChI is InChI=1S/C26H22NO2S/c1-17-8-10-18(11-9-17)24-14-19(21-16-20(28-3)12-13-23(21)29-24)15-26-27(2)22-6-4-5-7-25(22)30-26/h4-16H,1-3H3/q+1/b19-15+. The lowest BCUT2D eigenvalue weighted by Gasteiger charge is -2.21. The number of benzene rings is 3. The quantitative estimate of drug-likeness (QED) is 0.384. The summed E-state index contributed by atoms with van der Waals surface area (Å²) in [4.78, 5) is 0. The van der Waals surface area contributed by atoms with Crippen molar-refractivity contribution in [1.82, 2.24) is 0 Å². The first-order chi connectivity index (χ1) is 14.6. The van der Waals surface area contributed by atoms with Gasteiger partial charge in [0.25, 0.3) is 5.01 Å². The summed E-state index contributed by atoms with van der Waals surface area (Å²) in [6, 6.07) is 22.9. The van der Waals surface area contributed by atoms with E-state index in [2.05, 4.69) is 79.2 Å². The summed E-state index contributed by atoms with van der Waals surface area (Å²) < 4.78 is 15.3. The Labute approximate surface area is 180 Å². The van der Waals surface area contributed by atoms with E-state index in [1.54, 1.807) is 18.4 Å². The molecule has 1 aromatic heterocycles. The van der Waals surface area contributed by atoms with Gasteiger partial charge in [0.1, 0.15) is 29.0 Å². The van der Waals surface area contributed by atoms with Crippen molar-refractivity contribution in [1.29, 1.82) is 0 Å². The van der Waals surface area contributed by atoms with Gasteiger partial charge in [-0.05, 0) is 42.8 Å². The van der Waals surface area contributed by atoms with Crippen molar-refractivity contribution in [2.45, 2.75) is 6.92 Å². The highest BCUT2D eigenvalue weighted by atomic mass is 32.1. The lowest BCUT2D eigenvalue weighted by atomic mass is 9.98. The molecule has 0 unspecified atom stereocenters. The highest BCUT2D eigenvalue weighted by molar-refractivity contribution is 7.18. The fraction of sp³-hybridized carbons (Fsp3) is 0.115. The molecule has 4 aromatic rings. The van der Waals surface area contributed by atoms with E-state index >= 15 is 0 Å². The highest BCUT2D eigenvalue weighted by Crippen LogP contribution is 2.40. The van der Waals surface area contributed by atoms with Crippen molar-refractivity contribution in [3.8, 4) is 11.5 Å². The van der Waals surface area contributed by atoms with Crippen LogP contribution in [0.25, 0.3) is 27.6 Å². The summed E-state index contributed by atoms with van der Waals surface area (Å²) in [7, 11) is 3.80. The van der Waals surface area contributed by atoms with Gasteiger partial charge in [0.2, 0.25) is 5.52 Å². The number of para-hydroxylation sites is 1. The summed E-state index contributed by atoms with van der Waals surface area (Å²) >= 11 is 1.79. The fourth-order valence-electron chi connectivity index (χ4n) is 3.68. The van der Waals surface area contributed by atoms with Crippen molar-refractivity contribution in [3.63, 3.8) is 0 Å². The smallest absolute Gasteiger partial charge is 0.263 e. The molecule has 0 amide bonds. The number of rotatable bonds is 3. The predicted octanol–water partition coefficient (Wildman–Crippen LogP) is 6.02. The molecule has 3 nitrogen and oxygen atoms in total. The molecule has 2 heterocycles. The zero-order valence-corrected chi connectivity index (χ0v) is 18.0. The number of hydrogen-bond donors (Lipinski definition) is 0. The highest BCUT2D eigenvalue weighted by Gasteiger charge is 2.22. The van der Waals surface area contributed by atoms with E-state index < -0.39 is 0 Å². The van der Waals surface area contributed by atoms with Crippen molar-refractivity contribution in [3.05, 3.63) is 94.5 Å². The largest absolute Gasteiger partial charge is 0.497 e. The third-order valence-electron chi connectivity index (χ3n) is 5.39. The number of hydrogen-bond acceptors (Lipinski definition) is 3. The Balaban J connectivity index is 1.69. The molecular formula is C26H22NO2S+. The molecule has 4 heteroatoms. The second-order valence-electron chi connectivity index (χ2n) is 7.41. The SMILES string of the molecule is COc1ccc2c(c1)/C(=C/c1sc3ccccc3[n+]1C)C=C(c1ccc(C)cc1)O2. The number of ether oxygens (including phenoxy) is 2. The summed E-state index contributed by atoms with van der Waals surface area (Å²) in [5.41, 5.74) is 5.66. The number of methoxy groups -OCH3 is 1. The molecule has 0 N–H and O–H groups in total. The molecule has 0 radical (unpaired) electrons. The van der Waals surface area contributed by atoms with E-state index in [-0.39, 0.29) is 0 Å². The van der Waals surface area contributed by atoms with Gasteiger partial charge >= 0.3 is 0 Å². The van der Waals surface area contributed by atoms with Crippen LogP contribution in [-0.2, 0) is 7.05 Å². The molecule has 3 aromatic carbocycles. The second-order valence-corrected chi connectivity index (χ2v) is 8.47. The Bertz CT molecular complexity index is 1310. The predicted molar refractivity (Wildman–Crippen MR) is 124 cm³/mol. The summed E-state index contributed by atoms with van der Waals surface area (Å²) in [5, 5.41) is 1.18.